The summed E-state index contributed by atoms with van der Waals surface area (Å²) in [5, 5.41) is 0. The fraction of sp³-hybridized carbons (Fsp3) is 0.364. The highest BCUT2D eigenvalue weighted by Gasteiger charge is 2.37. The zero-order chi connectivity index (χ0) is 20.9. The Morgan fingerprint density at radius 2 is 1.54 bits per heavy atom. The molecule has 2 atom stereocenters. The van der Waals surface area contributed by atoms with Crippen LogP contribution in [-0.4, -0.2) is 32.0 Å². The molecule has 5 nitrogen and oxygen atoms in total. The molecule has 0 aromatic heterocycles. The lowest BCUT2D eigenvalue weighted by molar-refractivity contribution is -0.150. The highest BCUT2D eigenvalue weighted by Crippen LogP contribution is 2.26. The number of ether oxygens (including phenoxy) is 1. The molecule has 0 saturated heterocycles. The first-order valence-electron chi connectivity index (χ1n) is 9.17. The van der Waals surface area contributed by atoms with Gasteiger partial charge in [0.15, 0.2) is 15.6 Å². The summed E-state index contributed by atoms with van der Waals surface area (Å²) in [6.07, 6.45) is -0.842. The van der Waals surface area contributed by atoms with Gasteiger partial charge in [-0.3, -0.25) is 9.59 Å². The number of ketones is 1. The Balaban J connectivity index is 2.46. The Kier molecular flexibility index (Phi) is 7.13. The van der Waals surface area contributed by atoms with Crippen molar-refractivity contribution in [2.45, 2.75) is 38.7 Å². The molecule has 150 valence electrons. The number of sulfone groups is 1. The molecule has 0 aliphatic heterocycles. The van der Waals surface area contributed by atoms with Gasteiger partial charge >= 0.3 is 5.97 Å². The molecule has 0 aliphatic rings. The van der Waals surface area contributed by atoms with Crippen LogP contribution in [0.15, 0.2) is 59.5 Å². The van der Waals surface area contributed by atoms with E-state index in [-0.39, 0.29) is 16.6 Å². The lowest BCUT2D eigenvalue weighted by Crippen LogP contribution is -2.40. The van der Waals surface area contributed by atoms with E-state index in [9.17, 15) is 18.0 Å². The summed E-state index contributed by atoms with van der Waals surface area (Å²) in [6.45, 7) is 6.73. The Morgan fingerprint density at radius 1 is 0.964 bits per heavy atom. The van der Waals surface area contributed by atoms with Crippen molar-refractivity contribution in [1.29, 1.82) is 0 Å². The summed E-state index contributed by atoms with van der Waals surface area (Å²) >= 11 is 0. The molecule has 0 heterocycles. The van der Waals surface area contributed by atoms with Crippen molar-refractivity contribution in [3.05, 3.63) is 65.7 Å². The van der Waals surface area contributed by atoms with E-state index in [1.165, 1.54) is 19.1 Å². The van der Waals surface area contributed by atoms with Gasteiger partial charge in [0.05, 0.1) is 16.6 Å². The van der Waals surface area contributed by atoms with E-state index in [1.54, 1.807) is 56.3 Å². The van der Waals surface area contributed by atoms with Crippen LogP contribution in [0, 0.1) is 18.8 Å². The van der Waals surface area contributed by atoms with Crippen LogP contribution in [0.25, 0.3) is 0 Å². The fourth-order valence-electron chi connectivity index (χ4n) is 3.09. The Bertz CT molecular complexity index is 915. The third-order valence-electron chi connectivity index (χ3n) is 4.53. The molecule has 0 fully saturated rings. The molecule has 0 aliphatic carbocycles. The first-order valence-corrected chi connectivity index (χ1v) is 10.8. The number of carbonyl (C=O) groups is 2. The van der Waals surface area contributed by atoms with Crippen molar-refractivity contribution in [2.24, 2.45) is 11.8 Å². The zero-order valence-electron chi connectivity index (χ0n) is 16.6. The van der Waals surface area contributed by atoms with Gasteiger partial charge < -0.3 is 4.74 Å². The van der Waals surface area contributed by atoms with E-state index in [1.807, 2.05) is 6.92 Å². The molecule has 0 radical (unpaired) electrons. The number of hydrogen-bond acceptors (Lipinski definition) is 5. The van der Waals surface area contributed by atoms with Crippen LogP contribution >= 0.6 is 0 Å². The van der Waals surface area contributed by atoms with Gasteiger partial charge in [-0.25, -0.2) is 8.42 Å². The van der Waals surface area contributed by atoms with Crippen molar-refractivity contribution in [3.63, 3.8) is 0 Å². The molecule has 6 heteroatoms. The van der Waals surface area contributed by atoms with Gasteiger partial charge in [0.2, 0.25) is 0 Å². The standard InChI is InChI=1S/C22H26O5S/c1-15(2)22(27-17(4)23)20(21(24)18-8-6-5-7-9-18)14-28(25,26)19-12-10-16(3)11-13-19/h5-13,15,20,22H,14H2,1-4H3/t20-,22-/m1/s1. The summed E-state index contributed by atoms with van der Waals surface area (Å²) in [6, 6.07) is 15.0. The van der Waals surface area contributed by atoms with Gasteiger partial charge in [-0.05, 0) is 25.0 Å². The second-order valence-corrected chi connectivity index (χ2v) is 9.28. The number of carbonyl (C=O) groups excluding carboxylic acids is 2. The molecule has 0 saturated carbocycles. The average Bonchev–Trinajstić information content (AvgIpc) is 2.64. The molecule has 0 bridgehead atoms. The summed E-state index contributed by atoms with van der Waals surface area (Å²) in [7, 11) is -3.76. The molecule has 2 aromatic carbocycles. The first kappa shape index (κ1) is 21.8. The minimum atomic E-state index is -3.76. The molecule has 0 N–H and O–H groups in total. The fourth-order valence-corrected chi connectivity index (χ4v) is 4.65. The van der Waals surface area contributed by atoms with Crippen LogP contribution in [-0.2, 0) is 19.4 Å². The van der Waals surface area contributed by atoms with Crippen LogP contribution in [0.5, 0.6) is 0 Å². The third-order valence-corrected chi connectivity index (χ3v) is 6.32. The summed E-state index contributed by atoms with van der Waals surface area (Å²) in [5.74, 6) is -2.55. The normalized spacial score (nSPS) is 13.8. The molecule has 0 amide bonds. The molecule has 0 unspecified atom stereocenters. The van der Waals surface area contributed by atoms with Gasteiger partial charge in [-0.2, -0.15) is 0 Å². The third kappa shape index (κ3) is 5.52. The molecular formula is C22H26O5S. The predicted molar refractivity (Wildman–Crippen MR) is 108 cm³/mol. The number of Topliss-reactive ketones (excluding diaryl/α,β-unsaturated/α-hetero) is 1. The SMILES string of the molecule is CC(=O)O[C@H](C(C)C)[C@H](CS(=O)(=O)c1ccc(C)cc1)C(=O)c1ccccc1. The minimum Gasteiger partial charge on any atom is -0.461 e. The van der Waals surface area contributed by atoms with Gasteiger partial charge in [-0.15, -0.1) is 0 Å². The first-order chi connectivity index (χ1) is 13.1. The van der Waals surface area contributed by atoms with Crippen LogP contribution in [0.1, 0.15) is 36.7 Å². The van der Waals surface area contributed by atoms with Crippen LogP contribution < -0.4 is 0 Å². The summed E-state index contributed by atoms with van der Waals surface area (Å²) < 4.78 is 31.4. The number of esters is 1. The molecule has 2 rings (SSSR count). The number of aryl methyl sites for hydroxylation is 1. The molecular weight excluding hydrogens is 376 g/mol. The van der Waals surface area contributed by atoms with Gasteiger partial charge in [0.25, 0.3) is 0 Å². The smallest absolute Gasteiger partial charge is 0.302 e. The Morgan fingerprint density at radius 3 is 2.04 bits per heavy atom. The van der Waals surface area contributed by atoms with E-state index in [0.29, 0.717) is 5.56 Å². The maximum Gasteiger partial charge on any atom is 0.302 e. The van der Waals surface area contributed by atoms with Crippen molar-refractivity contribution in [3.8, 4) is 0 Å². The van der Waals surface area contributed by atoms with Crippen molar-refractivity contribution >= 4 is 21.6 Å². The molecule has 2 aromatic rings. The number of hydrogen-bond donors (Lipinski definition) is 0. The van der Waals surface area contributed by atoms with E-state index >= 15 is 0 Å². The van der Waals surface area contributed by atoms with Gasteiger partial charge in [0.1, 0.15) is 6.10 Å². The van der Waals surface area contributed by atoms with E-state index in [2.05, 4.69) is 0 Å². The number of benzene rings is 2. The zero-order valence-corrected chi connectivity index (χ0v) is 17.4. The van der Waals surface area contributed by atoms with Crippen molar-refractivity contribution < 1.29 is 22.7 Å². The second-order valence-electron chi connectivity index (χ2n) is 7.25. The second kappa shape index (κ2) is 9.15. The lowest BCUT2D eigenvalue weighted by atomic mass is 9.88. The Labute approximate surface area is 166 Å². The monoisotopic (exact) mass is 402 g/mol. The minimum absolute atomic E-state index is 0.147. The highest BCUT2D eigenvalue weighted by atomic mass is 32.2. The van der Waals surface area contributed by atoms with Crippen LogP contribution in [0.2, 0.25) is 0 Å². The quantitative estimate of drug-likeness (QED) is 0.495. The van der Waals surface area contributed by atoms with Crippen LogP contribution in [0.4, 0.5) is 0 Å². The maximum absolute atomic E-state index is 13.2. The maximum atomic E-state index is 13.2. The van der Waals surface area contributed by atoms with Gasteiger partial charge in [0, 0.05) is 12.5 Å². The highest BCUT2D eigenvalue weighted by molar-refractivity contribution is 7.91. The lowest BCUT2D eigenvalue weighted by Gasteiger charge is -2.28. The predicted octanol–water partition coefficient (Wildman–Crippen LogP) is 3.86. The summed E-state index contributed by atoms with van der Waals surface area (Å²) in [5.41, 5.74) is 1.33. The van der Waals surface area contributed by atoms with E-state index in [0.717, 1.165) is 5.56 Å². The Hall–Kier alpha value is -2.47. The van der Waals surface area contributed by atoms with E-state index in [4.69, 9.17) is 4.74 Å². The van der Waals surface area contributed by atoms with Crippen LogP contribution in [0.3, 0.4) is 0 Å². The number of rotatable bonds is 8. The summed E-state index contributed by atoms with van der Waals surface area (Å²) in [4.78, 5) is 24.9. The van der Waals surface area contributed by atoms with E-state index < -0.39 is 33.6 Å². The van der Waals surface area contributed by atoms with Crippen molar-refractivity contribution in [1.82, 2.24) is 0 Å². The van der Waals surface area contributed by atoms with Gasteiger partial charge in [-0.1, -0.05) is 61.9 Å². The van der Waals surface area contributed by atoms with Crippen molar-refractivity contribution in [2.75, 3.05) is 5.75 Å². The topological polar surface area (TPSA) is 77.5 Å². The largest absolute Gasteiger partial charge is 0.461 e. The molecule has 0 spiro atoms. The average molecular weight is 403 g/mol. The molecule has 28 heavy (non-hydrogen) atoms.